The molecule has 0 bridgehead atoms. The van der Waals surface area contributed by atoms with Crippen LogP contribution in [0.3, 0.4) is 0 Å². The number of aromatic hydroxyl groups is 1. The van der Waals surface area contributed by atoms with E-state index in [0.717, 1.165) is 11.1 Å². The van der Waals surface area contributed by atoms with Crippen molar-refractivity contribution in [3.05, 3.63) is 59.1 Å². The van der Waals surface area contributed by atoms with E-state index in [9.17, 15) is 19.8 Å². The summed E-state index contributed by atoms with van der Waals surface area (Å²) in [5, 5.41) is 22.9. The number of phenolic OH excluding ortho intramolecular Hbond substituents is 1. The lowest BCUT2D eigenvalue weighted by Crippen LogP contribution is -2.08. The number of hydrogen-bond acceptors (Lipinski definition) is 5. The van der Waals surface area contributed by atoms with Crippen LogP contribution >= 0.6 is 0 Å². The van der Waals surface area contributed by atoms with Crippen LogP contribution in [0.5, 0.6) is 5.75 Å². The van der Waals surface area contributed by atoms with Crippen molar-refractivity contribution in [2.45, 2.75) is 46.1 Å². The van der Waals surface area contributed by atoms with E-state index in [4.69, 9.17) is 4.52 Å². The molecule has 1 aromatic carbocycles. The molecule has 0 unspecified atom stereocenters. The van der Waals surface area contributed by atoms with Gasteiger partial charge in [0.15, 0.2) is 0 Å². The number of benzene rings is 1. The van der Waals surface area contributed by atoms with Crippen LogP contribution in [0, 0.1) is 0 Å². The lowest BCUT2D eigenvalue weighted by Gasteiger charge is -2.03. The molecular formula is C22H24N2O5. The summed E-state index contributed by atoms with van der Waals surface area (Å²) in [5.41, 5.74) is 3.19. The number of rotatable bonds is 9. The number of aromatic carboxylic acids is 1. The van der Waals surface area contributed by atoms with Gasteiger partial charge in [-0.15, -0.1) is 0 Å². The van der Waals surface area contributed by atoms with Crippen molar-refractivity contribution in [1.82, 2.24) is 9.72 Å². The highest BCUT2D eigenvalue weighted by Gasteiger charge is 2.19. The Hall–Kier alpha value is -3.35. The predicted octanol–water partition coefficient (Wildman–Crippen LogP) is 3.87. The minimum absolute atomic E-state index is 0.0500. The fourth-order valence-electron chi connectivity index (χ4n) is 3.38. The molecule has 0 atom stereocenters. The maximum Gasteiger partial charge on any atom is 0.337 e. The van der Waals surface area contributed by atoms with E-state index >= 15 is 0 Å². The number of carbonyl (C=O) groups excluding carboxylic acids is 1. The standard InChI is InChI=1S/C22H24N2O5/c1-3-18-20(29-23-21(18)14-5-7-16(25)8-6-14)10-9-17(26)11-15-12-24(4-2)13-19(15)22(27)28/h5-8,12-13,25H,3-4,9-11H2,1-2H3,(H,27,28). The van der Waals surface area contributed by atoms with Gasteiger partial charge in [-0.2, -0.15) is 0 Å². The van der Waals surface area contributed by atoms with Crippen molar-refractivity contribution >= 4 is 11.8 Å². The summed E-state index contributed by atoms with van der Waals surface area (Å²) < 4.78 is 7.26. The van der Waals surface area contributed by atoms with Crippen LogP contribution in [0.2, 0.25) is 0 Å². The Morgan fingerprint density at radius 2 is 1.86 bits per heavy atom. The van der Waals surface area contributed by atoms with E-state index in [2.05, 4.69) is 5.16 Å². The number of Topliss-reactive ketones (excluding diaryl/α,β-unsaturated/α-hetero) is 1. The normalized spacial score (nSPS) is 11.0. The SMILES string of the molecule is CCc1c(-c2ccc(O)cc2)noc1CCC(=O)Cc1cn(CC)cc1C(=O)O. The number of aryl methyl sites for hydroxylation is 2. The van der Waals surface area contributed by atoms with Gasteiger partial charge in [0.1, 0.15) is 23.0 Å². The number of hydrogen-bond donors (Lipinski definition) is 2. The fraction of sp³-hybridized carbons (Fsp3) is 0.318. The largest absolute Gasteiger partial charge is 0.508 e. The highest BCUT2D eigenvalue weighted by molar-refractivity contribution is 5.92. The third-order valence-electron chi connectivity index (χ3n) is 4.94. The van der Waals surface area contributed by atoms with Gasteiger partial charge in [-0.05, 0) is 43.2 Å². The molecule has 2 N–H and O–H groups in total. The first-order valence-electron chi connectivity index (χ1n) is 9.63. The van der Waals surface area contributed by atoms with E-state index < -0.39 is 5.97 Å². The number of nitrogens with zero attached hydrogens (tertiary/aromatic N) is 2. The molecule has 0 fully saturated rings. The minimum Gasteiger partial charge on any atom is -0.508 e. The number of carboxylic acid groups (broad SMARTS) is 1. The van der Waals surface area contributed by atoms with E-state index in [1.165, 1.54) is 0 Å². The van der Waals surface area contributed by atoms with Crippen molar-refractivity contribution in [2.24, 2.45) is 0 Å². The summed E-state index contributed by atoms with van der Waals surface area (Å²) in [6.45, 7) is 4.56. The Labute approximate surface area is 168 Å². The number of carboxylic acids is 1. The van der Waals surface area contributed by atoms with Crippen LogP contribution in [0.15, 0.2) is 41.2 Å². The molecular weight excluding hydrogens is 372 g/mol. The number of carbonyl (C=O) groups is 2. The molecule has 0 saturated carbocycles. The Morgan fingerprint density at radius 1 is 1.14 bits per heavy atom. The van der Waals surface area contributed by atoms with Gasteiger partial charge in [-0.25, -0.2) is 4.79 Å². The second-order valence-electron chi connectivity index (χ2n) is 6.88. The Morgan fingerprint density at radius 3 is 2.48 bits per heavy atom. The molecule has 2 heterocycles. The van der Waals surface area contributed by atoms with Crippen molar-refractivity contribution in [2.75, 3.05) is 0 Å². The van der Waals surface area contributed by atoms with Gasteiger partial charge in [0.25, 0.3) is 0 Å². The molecule has 0 saturated heterocycles. The van der Waals surface area contributed by atoms with Gasteiger partial charge in [-0.1, -0.05) is 12.1 Å². The minimum atomic E-state index is -1.03. The third kappa shape index (κ3) is 4.56. The Bertz CT molecular complexity index is 1010. The maximum absolute atomic E-state index is 12.5. The first kappa shape index (κ1) is 20.4. The molecule has 0 aliphatic carbocycles. The third-order valence-corrected chi connectivity index (χ3v) is 4.94. The molecule has 7 heteroatoms. The summed E-state index contributed by atoms with van der Waals surface area (Å²) in [4.78, 5) is 23.9. The highest BCUT2D eigenvalue weighted by atomic mass is 16.5. The first-order chi connectivity index (χ1) is 13.9. The molecule has 0 radical (unpaired) electrons. The summed E-state index contributed by atoms with van der Waals surface area (Å²) >= 11 is 0. The predicted molar refractivity (Wildman–Crippen MR) is 107 cm³/mol. The second-order valence-corrected chi connectivity index (χ2v) is 6.88. The average molecular weight is 396 g/mol. The zero-order valence-electron chi connectivity index (χ0n) is 16.5. The maximum atomic E-state index is 12.5. The van der Waals surface area contributed by atoms with Gasteiger partial charge < -0.3 is 19.3 Å². The summed E-state index contributed by atoms with van der Waals surface area (Å²) in [5.74, 6) is -0.236. The molecule has 3 rings (SSSR count). The summed E-state index contributed by atoms with van der Waals surface area (Å²) in [6, 6.07) is 6.73. The number of ketones is 1. The molecule has 152 valence electrons. The van der Waals surface area contributed by atoms with Crippen molar-refractivity contribution in [1.29, 1.82) is 0 Å². The number of phenols is 1. The van der Waals surface area contributed by atoms with Crippen molar-refractivity contribution in [3.8, 4) is 17.0 Å². The van der Waals surface area contributed by atoms with E-state index in [-0.39, 0.29) is 29.9 Å². The molecule has 29 heavy (non-hydrogen) atoms. The Kier molecular flexibility index (Phi) is 6.16. The van der Waals surface area contributed by atoms with Crippen molar-refractivity contribution in [3.63, 3.8) is 0 Å². The molecule has 0 aliphatic heterocycles. The van der Waals surface area contributed by atoms with Crippen LogP contribution in [-0.2, 0) is 30.6 Å². The molecule has 3 aromatic rings. The summed E-state index contributed by atoms with van der Waals surface area (Å²) in [7, 11) is 0. The fourth-order valence-corrected chi connectivity index (χ4v) is 3.38. The van der Waals surface area contributed by atoms with E-state index in [0.29, 0.717) is 36.4 Å². The highest BCUT2D eigenvalue weighted by Crippen LogP contribution is 2.28. The molecule has 0 spiro atoms. The van der Waals surface area contributed by atoms with Crippen molar-refractivity contribution < 1.29 is 24.3 Å². The van der Waals surface area contributed by atoms with Gasteiger partial charge in [0.2, 0.25) is 0 Å². The average Bonchev–Trinajstić information content (AvgIpc) is 3.30. The van der Waals surface area contributed by atoms with Gasteiger partial charge in [0, 0.05) is 49.3 Å². The topological polar surface area (TPSA) is 106 Å². The van der Waals surface area contributed by atoms with Crippen LogP contribution < -0.4 is 0 Å². The van der Waals surface area contributed by atoms with E-state index in [1.807, 2.05) is 13.8 Å². The van der Waals surface area contributed by atoms with Gasteiger partial charge in [0.05, 0.1) is 5.56 Å². The van der Waals surface area contributed by atoms with Crippen LogP contribution in [-0.4, -0.2) is 31.7 Å². The second kappa shape index (κ2) is 8.77. The van der Waals surface area contributed by atoms with Gasteiger partial charge in [-0.3, -0.25) is 4.79 Å². The molecule has 7 nitrogen and oxygen atoms in total. The van der Waals surface area contributed by atoms with Crippen LogP contribution in [0.1, 0.15) is 47.5 Å². The zero-order chi connectivity index (χ0) is 21.0. The summed E-state index contributed by atoms with van der Waals surface area (Å²) in [6.07, 6.45) is 4.70. The smallest absolute Gasteiger partial charge is 0.337 e. The lowest BCUT2D eigenvalue weighted by molar-refractivity contribution is -0.118. The first-order valence-corrected chi connectivity index (χ1v) is 9.63. The molecule has 0 amide bonds. The lowest BCUT2D eigenvalue weighted by atomic mass is 10.00. The molecule has 0 aliphatic rings. The number of aromatic nitrogens is 2. The van der Waals surface area contributed by atoms with Crippen LogP contribution in [0.4, 0.5) is 0 Å². The zero-order valence-corrected chi connectivity index (χ0v) is 16.5. The van der Waals surface area contributed by atoms with Gasteiger partial charge >= 0.3 is 5.97 Å². The monoisotopic (exact) mass is 396 g/mol. The van der Waals surface area contributed by atoms with E-state index in [1.54, 1.807) is 41.2 Å². The Balaban J connectivity index is 1.70. The molecule has 2 aromatic heterocycles. The van der Waals surface area contributed by atoms with Crippen LogP contribution in [0.25, 0.3) is 11.3 Å². The quantitative estimate of drug-likeness (QED) is 0.569.